The minimum absolute atomic E-state index is 0.199. The molecule has 11 nitrogen and oxygen atoms in total. The van der Waals surface area contributed by atoms with Gasteiger partial charge in [-0.2, -0.15) is 0 Å². The van der Waals surface area contributed by atoms with Crippen LogP contribution in [0.5, 0.6) is 5.75 Å². The predicted molar refractivity (Wildman–Crippen MR) is 172 cm³/mol. The molecule has 0 radical (unpaired) electrons. The first-order valence-corrected chi connectivity index (χ1v) is 15.8. The van der Waals surface area contributed by atoms with Gasteiger partial charge in [0.05, 0.1) is 22.5 Å². The van der Waals surface area contributed by atoms with Gasteiger partial charge in [-0.25, -0.2) is 14.4 Å². The number of nitrogens with zero attached hydrogens (tertiary/aromatic N) is 4. The molecule has 1 saturated heterocycles. The lowest BCUT2D eigenvalue weighted by molar-refractivity contribution is -0.137. The molecule has 2 N–H and O–H groups in total. The predicted octanol–water partition coefficient (Wildman–Crippen LogP) is 5.12. The molecule has 0 spiro atoms. The summed E-state index contributed by atoms with van der Waals surface area (Å²) in [5, 5.41) is 5.80. The fraction of sp³-hybridized carbons (Fsp3) is 0.206. The molecular formula is C34H27FN6O5S. The summed E-state index contributed by atoms with van der Waals surface area (Å²) in [4.78, 5) is 64.0. The molecule has 5 heterocycles. The largest absolute Gasteiger partial charge is 0.494 e. The van der Waals surface area contributed by atoms with E-state index in [0.29, 0.717) is 47.3 Å². The number of anilines is 1. The van der Waals surface area contributed by atoms with Gasteiger partial charge in [-0.3, -0.25) is 29.5 Å². The van der Waals surface area contributed by atoms with Gasteiger partial charge in [0.15, 0.2) is 0 Å². The number of halogens is 1. The maximum Gasteiger partial charge on any atom is 0.255 e. The molecule has 5 aromatic rings. The van der Waals surface area contributed by atoms with Crippen molar-refractivity contribution in [2.75, 3.05) is 11.9 Å². The van der Waals surface area contributed by atoms with Crippen LogP contribution >= 0.6 is 11.3 Å². The molecular weight excluding hydrogens is 623 g/mol. The van der Waals surface area contributed by atoms with Gasteiger partial charge >= 0.3 is 0 Å². The van der Waals surface area contributed by atoms with Crippen molar-refractivity contribution in [3.8, 4) is 27.6 Å². The Morgan fingerprint density at radius 2 is 1.85 bits per heavy atom. The maximum atomic E-state index is 13.5. The summed E-state index contributed by atoms with van der Waals surface area (Å²) in [6, 6.07) is 16.3. The number of ether oxygens (including phenoxy) is 1. The van der Waals surface area contributed by atoms with Crippen LogP contribution in [0, 0.1) is 5.82 Å². The molecule has 0 aliphatic carbocycles. The van der Waals surface area contributed by atoms with Gasteiger partial charge < -0.3 is 15.0 Å². The number of nitrogens with one attached hydrogen (secondary N) is 2. The monoisotopic (exact) mass is 650 g/mol. The maximum absolute atomic E-state index is 13.5. The Kier molecular flexibility index (Phi) is 8.12. The molecule has 13 heteroatoms. The standard InChI is InChI=1S/C34H27FN6O5S/c35-22-5-9-25-28(15-22)47-33(38-25)26-8-3-19(16-36-26)20-4-11-29(37-17-20)39-30(42)2-1-13-46-23-6-7-24-21(14-23)18-41(34(24)45)27-10-12-31(43)40-32(27)44/h3-9,11,14-17,27H,1-2,10,12-13,18H2,(H,37,39,42)(H,40,43,44). The summed E-state index contributed by atoms with van der Waals surface area (Å²) >= 11 is 1.38. The van der Waals surface area contributed by atoms with Gasteiger partial charge in [0.2, 0.25) is 17.7 Å². The summed E-state index contributed by atoms with van der Waals surface area (Å²) in [6.45, 7) is 0.557. The van der Waals surface area contributed by atoms with E-state index in [1.54, 1.807) is 42.7 Å². The Balaban J connectivity index is 0.876. The van der Waals surface area contributed by atoms with Gasteiger partial charge in [0.25, 0.3) is 5.91 Å². The summed E-state index contributed by atoms with van der Waals surface area (Å²) < 4.78 is 20.1. The highest BCUT2D eigenvalue weighted by molar-refractivity contribution is 7.21. The zero-order valence-electron chi connectivity index (χ0n) is 24.9. The number of hydrogen-bond donors (Lipinski definition) is 2. The quantitative estimate of drug-likeness (QED) is 0.165. The summed E-state index contributed by atoms with van der Waals surface area (Å²) in [5.74, 6) is -0.523. The van der Waals surface area contributed by atoms with E-state index in [1.807, 2.05) is 18.2 Å². The van der Waals surface area contributed by atoms with Crippen LogP contribution in [0.15, 0.2) is 73.1 Å². The van der Waals surface area contributed by atoms with E-state index >= 15 is 0 Å². The average molecular weight is 651 g/mol. The van der Waals surface area contributed by atoms with E-state index in [4.69, 9.17) is 4.74 Å². The van der Waals surface area contributed by atoms with Crippen molar-refractivity contribution < 1.29 is 28.3 Å². The molecule has 2 aromatic carbocycles. The van der Waals surface area contributed by atoms with Crippen LogP contribution in [0.25, 0.3) is 32.0 Å². The lowest BCUT2D eigenvalue weighted by Crippen LogP contribution is -2.52. The van der Waals surface area contributed by atoms with E-state index in [9.17, 15) is 23.6 Å². The lowest BCUT2D eigenvalue weighted by Gasteiger charge is -2.29. The molecule has 1 atom stereocenters. The van der Waals surface area contributed by atoms with Crippen molar-refractivity contribution in [3.05, 3.63) is 90.0 Å². The number of amides is 4. The van der Waals surface area contributed by atoms with E-state index < -0.39 is 11.9 Å². The number of thiazole rings is 1. The van der Waals surface area contributed by atoms with Crippen molar-refractivity contribution in [3.63, 3.8) is 0 Å². The SMILES string of the molecule is O=C1CCC(N2Cc3cc(OCCCC(=O)Nc4ccc(-c5ccc(-c6nc7ccc(F)cc7s6)nc5)cn4)ccc3C2=O)C(=O)N1. The number of imide groups is 1. The zero-order valence-corrected chi connectivity index (χ0v) is 25.7. The number of hydrogen-bond acceptors (Lipinski definition) is 9. The summed E-state index contributed by atoms with van der Waals surface area (Å²) in [7, 11) is 0. The zero-order chi connectivity index (χ0) is 32.5. The van der Waals surface area contributed by atoms with Crippen LogP contribution < -0.4 is 15.4 Å². The number of aromatic nitrogens is 3. The summed E-state index contributed by atoms with van der Waals surface area (Å²) in [5.41, 5.74) is 4.37. The van der Waals surface area contributed by atoms with Gasteiger partial charge in [-0.05, 0) is 73.0 Å². The highest BCUT2D eigenvalue weighted by Crippen LogP contribution is 2.32. The second-order valence-electron chi connectivity index (χ2n) is 11.2. The molecule has 7 rings (SSSR count). The average Bonchev–Trinajstić information content (AvgIpc) is 3.64. The second kappa shape index (κ2) is 12.7. The third-order valence-electron chi connectivity index (χ3n) is 8.01. The Bertz CT molecular complexity index is 2030. The van der Waals surface area contributed by atoms with Crippen molar-refractivity contribution >= 4 is 51.0 Å². The lowest BCUT2D eigenvalue weighted by atomic mass is 10.0. The molecule has 4 amide bonds. The third-order valence-corrected chi connectivity index (χ3v) is 9.05. The molecule has 47 heavy (non-hydrogen) atoms. The van der Waals surface area contributed by atoms with Crippen LogP contribution in [-0.2, 0) is 20.9 Å². The highest BCUT2D eigenvalue weighted by atomic mass is 32.1. The number of pyridine rings is 2. The third kappa shape index (κ3) is 6.42. The van der Waals surface area contributed by atoms with Crippen molar-refractivity contribution in [2.45, 2.75) is 38.3 Å². The molecule has 3 aromatic heterocycles. The number of piperidine rings is 1. The molecule has 2 aliphatic rings. The Hall–Kier alpha value is -5.56. The van der Waals surface area contributed by atoms with E-state index in [2.05, 4.69) is 25.6 Å². The second-order valence-corrected chi connectivity index (χ2v) is 12.2. The minimum Gasteiger partial charge on any atom is -0.494 e. The normalized spacial score (nSPS) is 15.9. The van der Waals surface area contributed by atoms with Gasteiger partial charge in [-0.1, -0.05) is 6.07 Å². The number of carbonyl (C=O) groups is 4. The van der Waals surface area contributed by atoms with Crippen LogP contribution in [0.2, 0.25) is 0 Å². The van der Waals surface area contributed by atoms with Crippen LogP contribution in [-0.4, -0.2) is 56.1 Å². The Labute approximate surface area is 271 Å². The number of rotatable bonds is 9. The molecule has 236 valence electrons. The molecule has 1 unspecified atom stereocenters. The highest BCUT2D eigenvalue weighted by Gasteiger charge is 2.39. The first-order chi connectivity index (χ1) is 22.8. The van der Waals surface area contributed by atoms with Gasteiger partial charge in [-0.15, -0.1) is 11.3 Å². The summed E-state index contributed by atoms with van der Waals surface area (Å²) in [6.07, 6.45) is 4.58. The van der Waals surface area contributed by atoms with Crippen LogP contribution in [0.3, 0.4) is 0 Å². The minimum atomic E-state index is -0.671. The smallest absolute Gasteiger partial charge is 0.255 e. The van der Waals surface area contributed by atoms with E-state index in [-0.39, 0.29) is 42.9 Å². The van der Waals surface area contributed by atoms with Crippen molar-refractivity contribution in [1.82, 2.24) is 25.2 Å². The van der Waals surface area contributed by atoms with Crippen molar-refractivity contribution in [1.29, 1.82) is 0 Å². The molecule has 0 saturated carbocycles. The van der Waals surface area contributed by atoms with Crippen molar-refractivity contribution in [2.24, 2.45) is 0 Å². The Morgan fingerprint density at radius 1 is 1.02 bits per heavy atom. The van der Waals surface area contributed by atoms with Crippen LogP contribution in [0.1, 0.15) is 41.6 Å². The number of benzene rings is 2. The van der Waals surface area contributed by atoms with E-state index in [1.165, 1.54) is 28.4 Å². The number of fused-ring (bicyclic) bond motifs is 2. The molecule has 2 aliphatic heterocycles. The Morgan fingerprint density at radius 3 is 2.62 bits per heavy atom. The molecule has 1 fully saturated rings. The topological polar surface area (TPSA) is 143 Å². The van der Waals surface area contributed by atoms with Crippen LogP contribution in [0.4, 0.5) is 10.2 Å². The fourth-order valence-electron chi connectivity index (χ4n) is 5.61. The van der Waals surface area contributed by atoms with Gasteiger partial charge in [0, 0.05) is 48.5 Å². The number of carbonyl (C=O) groups excluding carboxylic acids is 4. The molecule has 0 bridgehead atoms. The first kappa shape index (κ1) is 30.1. The van der Waals surface area contributed by atoms with E-state index in [0.717, 1.165) is 26.9 Å². The van der Waals surface area contributed by atoms with Gasteiger partial charge in [0.1, 0.15) is 28.4 Å². The fourth-order valence-corrected chi connectivity index (χ4v) is 6.57. The first-order valence-electron chi connectivity index (χ1n) is 15.0.